The summed E-state index contributed by atoms with van der Waals surface area (Å²) < 4.78 is 0. The van der Waals surface area contributed by atoms with E-state index >= 15 is 0 Å². The third-order valence-electron chi connectivity index (χ3n) is 5.00. The Morgan fingerprint density at radius 3 is 2.43 bits per heavy atom. The van der Waals surface area contributed by atoms with Crippen molar-refractivity contribution in [2.24, 2.45) is 4.99 Å². The summed E-state index contributed by atoms with van der Waals surface area (Å²) in [6, 6.07) is 7.72. The minimum absolute atomic E-state index is 0. The summed E-state index contributed by atoms with van der Waals surface area (Å²) in [5.41, 5.74) is 1.49. The molecular formula is C23H40IN5O. The zero-order chi connectivity index (χ0) is 21.1. The Labute approximate surface area is 199 Å². The Kier molecular flexibility index (Phi) is 12.3. The molecule has 1 saturated heterocycles. The molecule has 1 aliphatic rings. The first kappa shape index (κ1) is 26.7. The average Bonchev–Trinajstić information content (AvgIpc) is 2.95. The summed E-state index contributed by atoms with van der Waals surface area (Å²) in [5.74, 6) is 0.751. The van der Waals surface area contributed by atoms with Crippen molar-refractivity contribution in [3.63, 3.8) is 0 Å². The molecule has 0 bridgehead atoms. The number of amides is 1. The van der Waals surface area contributed by atoms with Crippen molar-refractivity contribution in [1.29, 1.82) is 0 Å². The van der Waals surface area contributed by atoms with Gasteiger partial charge in [0.15, 0.2) is 5.96 Å². The number of likely N-dealkylation sites (tertiary alicyclic amines) is 1. The Hall–Kier alpha value is -1.35. The number of nitrogens with one attached hydrogen (secondary N) is 3. The Bertz CT molecular complexity index is 664. The van der Waals surface area contributed by atoms with E-state index in [-0.39, 0.29) is 35.4 Å². The summed E-state index contributed by atoms with van der Waals surface area (Å²) in [7, 11) is 1.79. The number of carbonyl (C=O) groups excluding carboxylic acids is 1. The predicted octanol–water partition coefficient (Wildman–Crippen LogP) is 3.76. The van der Waals surface area contributed by atoms with E-state index in [2.05, 4.69) is 25.8 Å². The van der Waals surface area contributed by atoms with E-state index in [1.165, 1.54) is 38.8 Å². The minimum Gasteiger partial charge on any atom is -0.356 e. The molecule has 3 N–H and O–H groups in total. The van der Waals surface area contributed by atoms with E-state index in [4.69, 9.17) is 0 Å². The summed E-state index contributed by atoms with van der Waals surface area (Å²) in [5, 5.41) is 9.74. The molecule has 6 nitrogen and oxygen atoms in total. The van der Waals surface area contributed by atoms with Gasteiger partial charge in [-0.2, -0.15) is 0 Å². The van der Waals surface area contributed by atoms with Crippen molar-refractivity contribution in [3.8, 4) is 0 Å². The molecule has 0 spiro atoms. The molecule has 0 atom stereocenters. The average molecular weight is 530 g/mol. The molecular weight excluding hydrogens is 489 g/mol. The number of guanidine groups is 1. The van der Waals surface area contributed by atoms with Gasteiger partial charge in [0.1, 0.15) is 0 Å². The second-order valence-electron chi connectivity index (χ2n) is 8.87. The van der Waals surface area contributed by atoms with E-state index in [0.717, 1.165) is 31.0 Å². The van der Waals surface area contributed by atoms with Gasteiger partial charge in [-0.1, -0.05) is 25.0 Å². The summed E-state index contributed by atoms with van der Waals surface area (Å²) in [4.78, 5) is 19.3. The second kappa shape index (κ2) is 13.9. The Morgan fingerprint density at radius 1 is 1.10 bits per heavy atom. The van der Waals surface area contributed by atoms with Gasteiger partial charge in [0.25, 0.3) is 5.91 Å². The van der Waals surface area contributed by atoms with E-state index in [1.54, 1.807) is 7.05 Å². The number of aliphatic imine (C=N–C) groups is 1. The largest absolute Gasteiger partial charge is 0.356 e. The fourth-order valence-corrected chi connectivity index (χ4v) is 3.51. The van der Waals surface area contributed by atoms with E-state index in [1.807, 2.05) is 45.0 Å². The van der Waals surface area contributed by atoms with Crippen LogP contribution in [-0.4, -0.2) is 55.5 Å². The maximum atomic E-state index is 12.4. The number of hydrogen-bond acceptors (Lipinski definition) is 3. The quantitative estimate of drug-likeness (QED) is 0.218. The van der Waals surface area contributed by atoms with Crippen LogP contribution in [0, 0.1) is 0 Å². The topological polar surface area (TPSA) is 68.8 Å². The van der Waals surface area contributed by atoms with Gasteiger partial charge in [0.2, 0.25) is 0 Å². The van der Waals surface area contributed by atoms with Crippen LogP contribution in [-0.2, 0) is 6.54 Å². The molecule has 1 fully saturated rings. The Morgan fingerprint density at radius 2 is 1.80 bits per heavy atom. The lowest BCUT2D eigenvalue weighted by Gasteiger charge is -2.21. The van der Waals surface area contributed by atoms with E-state index in [0.29, 0.717) is 12.1 Å². The number of nitrogens with zero attached hydrogens (tertiary/aromatic N) is 2. The lowest BCUT2D eigenvalue weighted by molar-refractivity contribution is 0.0919. The highest BCUT2D eigenvalue weighted by Crippen LogP contribution is 2.10. The predicted molar refractivity (Wildman–Crippen MR) is 137 cm³/mol. The van der Waals surface area contributed by atoms with Crippen LogP contribution in [0.4, 0.5) is 0 Å². The molecule has 0 aliphatic carbocycles. The molecule has 0 radical (unpaired) electrons. The zero-order valence-electron chi connectivity index (χ0n) is 19.1. The van der Waals surface area contributed by atoms with Crippen LogP contribution >= 0.6 is 24.0 Å². The first-order chi connectivity index (χ1) is 13.9. The van der Waals surface area contributed by atoms with Crippen LogP contribution < -0.4 is 16.0 Å². The van der Waals surface area contributed by atoms with Crippen LogP contribution in [0.1, 0.15) is 68.8 Å². The van der Waals surface area contributed by atoms with Gasteiger partial charge in [0.05, 0.1) is 0 Å². The molecule has 2 rings (SSSR count). The fourth-order valence-electron chi connectivity index (χ4n) is 3.51. The van der Waals surface area contributed by atoms with Crippen LogP contribution in [0.3, 0.4) is 0 Å². The van der Waals surface area contributed by atoms with Crippen LogP contribution in [0.15, 0.2) is 29.3 Å². The molecule has 7 heteroatoms. The molecule has 1 aliphatic heterocycles. The Balaban J connectivity index is 0.00000450. The highest BCUT2D eigenvalue weighted by molar-refractivity contribution is 14.0. The van der Waals surface area contributed by atoms with E-state index in [9.17, 15) is 4.79 Å². The minimum atomic E-state index is -0.245. The smallest absolute Gasteiger partial charge is 0.251 e. The van der Waals surface area contributed by atoms with Crippen molar-refractivity contribution >= 4 is 35.8 Å². The van der Waals surface area contributed by atoms with Gasteiger partial charge in [-0.05, 0) is 77.4 Å². The van der Waals surface area contributed by atoms with Gasteiger partial charge in [0, 0.05) is 31.2 Å². The van der Waals surface area contributed by atoms with Gasteiger partial charge in [-0.3, -0.25) is 9.79 Å². The SMILES string of the molecule is CN=C(NCCCN1CCCCCC1)NCc1cccc(C(=O)NC(C)(C)C)c1.I. The van der Waals surface area contributed by atoms with Crippen LogP contribution in [0.5, 0.6) is 0 Å². The number of hydrogen-bond donors (Lipinski definition) is 3. The van der Waals surface area contributed by atoms with Crippen molar-refractivity contribution in [2.75, 3.05) is 33.2 Å². The van der Waals surface area contributed by atoms with Gasteiger partial charge in [-0.25, -0.2) is 0 Å². The maximum Gasteiger partial charge on any atom is 0.251 e. The fraction of sp³-hybridized carbons (Fsp3) is 0.652. The summed E-state index contributed by atoms with van der Waals surface area (Å²) >= 11 is 0. The molecule has 1 heterocycles. The number of halogens is 1. The molecule has 0 saturated carbocycles. The first-order valence-electron chi connectivity index (χ1n) is 11.0. The maximum absolute atomic E-state index is 12.4. The summed E-state index contributed by atoms with van der Waals surface area (Å²) in [6.07, 6.45) is 6.55. The molecule has 1 amide bonds. The van der Waals surface area contributed by atoms with Gasteiger partial charge >= 0.3 is 0 Å². The van der Waals surface area contributed by atoms with Crippen molar-refractivity contribution in [2.45, 2.75) is 65.0 Å². The van der Waals surface area contributed by atoms with Gasteiger partial charge < -0.3 is 20.9 Å². The number of benzene rings is 1. The third-order valence-corrected chi connectivity index (χ3v) is 5.00. The standard InChI is InChI=1S/C23H39N5O.HI/c1-23(2,3)27-21(29)20-12-9-11-19(17-20)18-26-22(24-4)25-13-10-16-28-14-7-5-6-8-15-28;/h9,11-12,17H,5-8,10,13-16,18H2,1-4H3,(H,27,29)(H2,24,25,26);1H. The van der Waals surface area contributed by atoms with Crippen LogP contribution in [0.2, 0.25) is 0 Å². The van der Waals surface area contributed by atoms with Crippen molar-refractivity contribution < 1.29 is 4.79 Å². The lowest BCUT2D eigenvalue weighted by atomic mass is 10.1. The van der Waals surface area contributed by atoms with Crippen LogP contribution in [0.25, 0.3) is 0 Å². The monoisotopic (exact) mass is 529 g/mol. The molecule has 0 aromatic heterocycles. The molecule has 0 unspecified atom stereocenters. The summed E-state index contributed by atoms with van der Waals surface area (Å²) in [6.45, 7) is 11.1. The third kappa shape index (κ3) is 10.6. The van der Waals surface area contributed by atoms with Crippen molar-refractivity contribution in [1.82, 2.24) is 20.9 Å². The number of rotatable bonds is 7. The number of carbonyl (C=O) groups is 1. The molecule has 1 aromatic rings. The highest BCUT2D eigenvalue weighted by Gasteiger charge is 2.15. The molecule has 170 valence electrons. The molecule has 1 aromatic carbocycles. The normalized spacial score (nSPS) is 15.7. The zero-order valence-corrected chi connectivity index (χ0v) is 21.4. The highest BCUT2D eigenvalue weighted by atomic mass is 127. The van der Waals surface area contributed by atoms with Gasteiger partial charge in [-0.15, -0.1) is 24.0 Å². The lowest BCUT2D eigenvalue weighted by Crippen LogP contribution is -2.40. The van der Waals surface area contributed by atoms with E-state index < -0.39 is 0 Å². The second-order valence-corrected chi connectivity index (χ2v) is 8.87. The van der Waals surface area contributed by atoms with Crippen molar-refractivity contribution in [3.05, 3.63) is 35.4 Å². The molecule has 30 heavy (non-hydrogen) atoms. The first-order valence-corrected chi connectivity index (χ1v) is 11.0.